The Balaban J connectivity index is 2.18. The van der Waals surface area contributed by atoms with Crippen LogP contribution in [0.3, 0.4) is 0 Å². The first-order valence-electron chi connectivity index (χ1n) is 5.98. The molecule has 0 radical (unpaired) electrons. The smallest absolute Gasteiger partial charge is 0.336 e. The summed E-state index contributed by atoms with van der Waals surface area (Å²) < 4.78 is 0. The summed E-state index contributed by atoms with van der Waals surface area (Å²) in [5.41, 5.74) is 2.98. The molecule has 0 saturated carbocycles. The molecule has 1 heterocycles. The average molecular weight is 276 g/mol. The molecule has 4 nitrogen and oxygen atoms in total. The lowest BCUT2D eigenvalue weighted by atomic mass is 10.1. The molecule has 0 aliphatic heterocycles. The van der Waals surface area contributed by atoms with Gasteiger partial charge in [0, 0.05) is 10.6 Å². The lowest BCUT2D eigenvalue weighted by molar-refractivity contribution is 0.0696. The number of aromatic carboxylic acids is 1. The van der Waals surface area contributed by atoms with Crippen molar-refractivity contribution in [1.29, 1.82) is 0 Å². The van der Waals surface area contributed by atoms with Crippen LogP contribution in [-0.2, 0) is 6.54 Å². The number of hydrogen-bond donors (Lipinski definition) is 2. The van der Waals surface area contributed by atoms with Crippen LogP contribution in [0.2, 0.25) is 0 Å². The van der Waals surface area contributed by atoms with Crippen LogP contribution in [-0.4, -0.2) is 16.1 Å². The van der Waals surface area contributed by atoms with Crippen molar-refractivity contribution in [2.45, 2.75) is 27.3 Å². The zero-order chi connectivity index (χ0) is 14.0. The van der Waals surface area contributed by atoms with Gasteiger partial charge in [0.1, 0.15) is 0 Å². The highest BCUT2D eigenvalue weighted by molar-refractivity contribution is 7.11. The summed E-state index contributed by atoms with van der Waals surface area (Å²) in [5.74, 6) is -0.897. The summed E-state index contributed by atoms with van der Waals surface area (Å²) in [7, 11) is 0. The van der Waals surface area contributed by atoms with Crippen molar-refractivity contribution in [3.8, 4) is 0 Å². The Labute approximate surface area is 116 Å². The SMILES string of the molecule is Cc1nc(C)c(CNc2cccc(C(=O)O)c2C)s1. The zero-order valence-electron chi connectivity index (χ0n) is 11.2. The van der Waals surface area contributed by atoms with Gasteiger partial charge in [0.05, 0.1) is 22.8 Å². The summed E-state index contributed by atoms with van der Waals surface area (Å²) in [5, 5.41) is 13.4. The van der Waals surface area contributed by atoms with E-state index in [-0.39, 0.29) is 0 Å². The Morgan fingerprint density at radius 2 is 2.11 bits per heavy atom. The van der Waals surface area contributed by atoms with Crippen LogP contribution >= 0.6 is 11.3 Å². The van der Waals surface area contributed by atoms with Gasteiger partial charge in [-0.15, -0.1) is 11.3 Å². The quantitative estimate of drug-likeness (QED) is 0.898. The fourth-order valence-corrected chi connectivity index (χ4v) is 2.85. The minimum Gasteiger partial charge on any atom is -0.478 e. The van der Waals surface area contributed by atoms with Crippen molar-refractivity contribution in [1.82, 2.24) is 4.98 Å². The first-order valence-corrected chi connectivity index (χ1v) is 6.80. The number of carboxylic acids is 1. The number of aromatic nitrogens is 1. The number of aryl methyl sites for hydroxylation is 2. The molecule has 100 valence electrons. The molecule has 1 aromatic heterocycles. The van der Waals surface area contributed by atoms with E-state index in [0.717, 1.165) is 22.0 Å². The molecule has 0 spiro atoms. The molecular formula is C14H16N2O2S. The van der Waals surface area contributed by atoms with Gasteiger partial charge >= 0.3 is 5.97 Å². The first-order chi connectivity index (χ1) is 8.99. The van der Waals surface area contributed by atoms with Gasteiger partial charge in [-0.3, -0.25) is 0 Å². The van der Waals surface area contributed by atoms with E-state index in [1.165, 1.54) is 4.88 Å². The monoisotopic (exact) mass is 276 g/mol. The van der Waals surface area contributed by atoms with E-state index in [2.05, 4.69) is 10.3 Å². The molecule has 0 bridgehead atoms. The van der Waals surface area contributed by atoms with Crippen molar-refractivity contribution in [2.75, 3.05) is 5.32 Å². The molecule has 0 atom stereocenters. The summed E-state index contributed by atoms with van der Waals surface area (Å²) in [6.07, 6.45) is 0. The molecule has 0 amide bonds. The first kappa shape index (κ1) is 13.5. The van der Waals surface area contributed by atoms with E-state index < -0.39 is 5.97 Å². The van der Waals surface area contributed by atoms with Crippen molar-refractivity contribution < 1.29 is 9.90 Å². The van der Waals surface area contributed by atoms with Gasteiger partial charge in [0.2, 0.25) is 0 Å². The minimum atomic E-state index is -0.897. The third-order valence-electron chi connectivity index (χ3n) is 3.00. The fraction of sp³-hybridized carbons (Fsp3) is 0.286. The van der Waals surface area contributed by atoms with Crippen molar-refractivity contribution in [2.24, 2.45) is 0 Å². The van der Waals surface area contributed by atoms with Crippen LogP contribution in [0, 0.1) is 20.8 Å². The third-order valence-corrected chi connectivity index (χ3v) is 4.08. The highest BCUT2D eigenvalue weighted by Gasteiger charge is 2.10. The highest BCUT2D eigenvalue weighted by atomic mass is 32.1. The summed E-state index contributed by atoms with van der Waals surface area (Å²) in [6.45, 7) is 6.45. The van der Waals surface area contributed by atoms with Crippen molar-refractivity contribution in [3.05, 3.63) is 44.9 Å². The number of anilines is 1. The number of hydrogen-bond acceptors (Lipinski definition) is 4. The molecule has 5 heteroatoms. The number of thiazole rings is 1. The largest absolute Gasteiger partial charge is 0.478 e. The van der Waals surface area contributed by atoms with E-state index in [4.69, 9.17) is 5.11 Å². The summed E-state index contributed by atoms with van der Waals surface area (Å²) in [4.78, 5) is 16.6. The number of nitrogens with zero attached hydrogens (tertiary/aromatic N) is 1. The maximum Gasteiger partial charge on any atom is 0.336 e. The molecule has 0 saturated heterocycles. The number of benzene rings is 1. The van der Waals surface area contributed by atoms with Crippen LogP contribution in [0.5, 0.6) is 0 Å². The van der Waals surface area contributed by atoms with Gasteiger partial charge in [-0.05, 0) is 38.5 Å². The molecule has 2 rings (SSSR count). The predicted molar refractivity (Wildman–Crippen MR) is 77.1 cm³/mol. The maximum absolute atomic E-state index is 11.1. The Hall–Kier alpha value is -1.88. The molecule has 0 aliphatic rings. The number of carbonyl (C=O) groups is 1. The summed E-state index contributed by atoms with van der Waals surface area (Å²) >= 11 is 1.66. The second-order valence-electron chi connectivity index (χ2n) is 4.38. The van der Waals surface area contributed by atoms with Gasteiger partial charge < -0.3 is 10.4 Å². The molecule has 0 unspecified atom stereocenters. The highest BCUT2D eigenvalue weighted by Crippen LogP contribution is 2.22. The van der Waals surface area contributed by atoms with Crippen LogP contribution < -0.4 is 5.32 Å². The fourth-order valence-electron chi connectivity index (χ4n) is 1.97. The van der Waals surface area contributed by atoms with Crippen molar-refractivity contribution >= 4 is 23.0 Å². The van der Waals surface area contributed by atoms with E-state index in [1.807, 2.05) is 26.8 Å². The van der Waals surface area contributed by atoms with E-state index in [1.54, 1.807) is 23.5 Å². The third kappa shape index (κ3) is 2.93. The second-order valence-corrected chi connectivity index (χ2v) is 5.67. The van der Waals surface area contributed by atoms with Gasteiger partial charge in [0.15, 0.2) is 0 Å². The number of rotatable bonds is 4. The van der Waals surface area contributed by atoms with Gasteiger partial charge in [-0.2, -0.15) is 0 Å². The van der Waals surface area contributed by atoms with E-state index in [0.29, 0.717) is 12.1 Å². The number of carboxylic acid groups (broad SMARTS) is 1. The zero-order valence-corrected chi connectivity index (χ0v) is 12.0. The normalized spacial score (nSPS) is 10.5. The lowest BCUT2D eigenvalue weighted by Gasteiger charge is -2.10. The summed E-state index contributed by atoms with van der Waals surface area (Å²) in [6, 6.07) is 5.26. The Morgan fingerprint density at radius 1 is 1.37 bits per heavy atom. The Bertz CT molecular complexity index is 620. The standard InChI is InChI=1S/C14H16N2O2S/c1-8-11(14(17)18)5-4-6-12(8)15-7-13-9(2)16-10(3)19-13/h4-6,15H,7H2,1-3H3,(H,17,18). The molecule has 2 aromatic rings. The van der Waals surface area contributed by atoms with E-state index in [9.17, 15) is 4.79 Å². The Kier molecular flexibility index (Phi) is 3.85. The van der Waals surface area contributed by atoms with Crippen LogP contribution in [0.15, 0.2) is 18.2 Å². The average Bonchev–Trinajstić information content (AvgIpc) is 2.66. The van der Waals surface area contributed by atoms with Gasteiger partial charge in [-0.1, -0.05) is 6.07 Å². The predicted octanol–water partition coefficient (Wildman–Crippen LogP) is 3.38. The van der Waals surface area contributed by atoms with Gasteiger partial charge in [0.25, 0.3) is 0 Å². The van der Waals surface area contributed by atoms with Crippen molar-refractivity contribution in [3.63, 3.8) is 0 Å². The minimum absolute atomic E-state index is 0.335. The van der Waals surface area contributed by atoms with E-state index >= 15 is 0 Å². The van der Waals surface area contributed by atoms with Crippen LogP contribution in [0.4, 0.5) is 5.69 Å². The maximum atomic E-state index is 11.1. The molecule has 0 aliphatic carbocycles. The topological polar surface area (TPSA) is 62.2 Å². The van der Waals surface area contributed by atoms with Crippen LogP contribution in [0.1, 0.15) is 31.5 Å². The molecular weight excluding hydrogens is 260 g/mol. The molecule has 1 aromatic carbocycles. The molecule has 2 N–H and O–H groups in total. The van der Waals surface area contributed by atoms with Crippen LogP contribution in [0.25, 0.3) is 0 Å². The number of nitrogens with one attached hydrogen (secondary N) is 1. The second kappa shape index (κ2) is 5.40. The Morgan fingerprint density at radius 3 is 2.68 bits per heavy atom. The lowest BCUT2D eigenvalue weighted by Crippen LogP contribution is -2.05. The molecule has 19 heavy (non-hydrogen) atoms. The molecule has 0 fully saturated rings. The van der Waals surface area contributed by atoms with Gasteiger partial charge in [-0.25, -0.2) is 9.78 Å².